The van der Waals surface area contributed by atoms with E-state index in [9.17, 15) is 9.90 Å². The van der Waals surface area contributed by atoms with Crippen LogP contribution in [-0.4, -0.2) is 30.0 Å². The fourth-order valence-corrected chi connectivity index (χ4v) is 2.52. The van der Waals surface area contributed by atoms with Gasteiger partial charge in [0.15, 0.2) is 0 Å². The van der Waals surface area contributed by atoms with Crippen LogP contribution in [0.2, 0.25) is 0 Å². The van der Waals surface area contributed by atoms with Crippen LogP contribution in [0.4, 0.5) is 10.5 Å². The highest BCUT2D eigenvalue weighted by molar-refractivity contribution is 7.97. The van der Waals surface area contributed by atoms with Crippen LogP contribution in [0.15, 0.2) is 24.3 Å². The van der Waals surface area contributed by atoms with Crippen LogP contribution in [0.25, 0.3) is 0 Å². The van der Waals surface area contributed by atoms with Crippen LogP contribution in [0.3, 0.4) is 0 Å². The molecule has 2 amide bonds. The maximum atomic E-state index is 11.9. The number of amides is 2. The van der Waals surface area contributed by atoms with E-state index in [4.69, 9.17) is 0 Å². The lowest BCUT2D eigenvalue weighted by Crippen LogP contribution is -2.40. The van der Waals surface area contributed by atoms with Gasteiger partial charge in [0, 0.05) is 11.4 Å². The summed E-state index contributed by atoms with van der Waals surface area (Å²) in [6.45, 7) is 4.08. The first-order chi connectivity index (χ1) is 9.55. The smallest absolute Gasteiger partial charge is 0.319 e. The van der Waals surface area contributed by atoms with E-state index in [-0.39, 0.29) is 18.7 Å². The van der Waals surface area contributed by atoms with Crippen LogP contribution in [-0.2, 0) is 5.75 Å². The normalized spacial score (nSPS) is 12.2. The summed E-state index contributed by atoms with van der Waals surface area (Å²) in [6, 6.07) is 7.32. The maximum Gasteiger partial charge on any atom is 0.319 e. The Labute approximate surface area is 125 Å². The number of thioether (sulfide) groups is 1. The monoisotopic (exact) mass is 296 g/mol. The molecule has 0 aromatic heterocycles. The second-order valence-corrected chi connectivity index (χ2v) is 6.11. The van der Waals surface area contributed by atoms with Gasteiger partial charge in [0.05, 0.1) is 12.6 Å². The van der Waals surface area contributed by atoms with E-state index >= 15 is 0 Å². The lowest BCUT2D eigenvalue weighted by Gasteiger charge is -2.18. The first-order valence-corrected chi connectivity index (χ1v) is 8.20. The number of nitrogens with one attached hydrogen (secondary N) is 2. The van der Waals surface area contributed by atoms with Gasteiger partial charge in [0.25, 0.3) is 0 Å². The van der Waals surface area contributed by atoms with Gasteiger partial charge in [-0.25, -0.2) is 4.79 Å². The largest absolute Gasteiger partial charge is 0.394 e. The zero-order chi connectivity index (χ0) is 15.0. The summed E-state index contributed by atoms with van der Waals surface area (Å²) in [4.78, 5) is 11.9. The molecule has 0 bridgehead atoms. The first-order valence-electron chi connectivity index (χ1n) is 6.81. The number of aliphatic hydroxyl groups is 1. The van der Waals surface area contributed by atoms with Gasteiger partial charge in [0.1, 0.15) is 0 Å². The number of benzene rings is 1. The van der Waals surface area contributed by atoms with Crippen molar-refractivity contribution in [3.63, 3.8) is 0 Å². The molecule has 1 rings (SSSR count). The summed E-state index contributed by atoms with van der Waals surface area (Å²) in [6.07, 6.45) is 2.81. The molecule has 0 unspecified atom stereocenters. The Morgan fingerprint density at radius 2 is 2.15 bits per heavy atom. The molecule has 0 aliphatic heterocycles. The molecule has 0 aliphatic carbocycles. The third-order valence-corrected chi connectivity index (χ3v) is 3.43. The molecule has 1 atom stereocenters. The quantitative estimate of drug-likeness (QED) is 0.724. The van der Waals surface area contributed by atoms with Gasteiger partial charge >= 0.3 is 6.03 Å². The number of urea groups is 1. The van der Waals surface area contributed by atoms with Crippen LogP contribution >= 0.6 is 11.8 Å². The molecule has 0 heterocycles. The fourth-order valence-electron chi connectivity index (χ4n) is 2.01. The summed E-state index contributed by atoms with van der Waals surface area (Å²) < 4.78 is 0. The standard InChI is InChI=1S/C15H24N2O2S/c1-11(2)7-14(9-18)17-15(19)16-13-6-4-5-12(8-13)10-20-3/h4-6,8,11,14,18H,7,9-10H2,1-3H3,(H2,16,17,19)/t14-/m1/s1. The van der Waals surface area contributed by atoms with E-state index in [0.29, 0.717) is 5.92 Å². The molecule has 0 aliphatic rings. The Morgan fingerprint density at radius 3 is 2.75 bits per heavy atom. The predicted molar refractivity (Wildman–Crippen MR) is 86.1 cm³/mol. The minimum absolute atomic E-state index is 0.0435. The van der Waals surface area contributed by atoms with Crippen LogP contribution in [0.1, 0.15) is 25.8 Å². The number of hydrogen-bond acceptors (Lipinski definition) is 3. The van der Waals surface area contributed by atoms with E-state index in [0.717, 1.165) is 17.9 Å². The third kappa shape index (κ3) is 6.30. The van der Waals surface area contributed by atoms with Crippen molar-refractivity contribution >= 4 is 23.5 Å². The van der Waals surface area contributed by atoms with Crippen molar-refractivity contribution in [2.24, 2.45) is 5.92 Å². The zero-order valence-corrected chi connectivity index (χ0v) is 13.2. The molecule has 4 nitrogen and oxygen atoms in total. The Morgan fingerprint density at radius 1 is 1.40 bits per heavy atom. The van der Waals surface area contributed by atoms with E-state index in [1.54, 1.807) is 11.8 Å². The van der Waals surface area contributed by atoms with Gasteiger partial charge in [-0.3, -0.25) is 0 Å². The fraction of sp³-hybridized carbons (Fsp3) is 0.533. The Kier molecular flexibility index (Phi) is 7.47. The Balaban J connectivity index is 2.54. The van der Waals surface area contributed by atoms with Gasteiger partial charge in [-0.1, -0.05) is 26.0 Å². The molecule has 20 heavy (non-hydrogen) atoms. The summed E-state index contributed by atoms with van der Waals surface area (Å²) in [7, 11) is 0. The van der Waals surface area contributed by atoms with Crippen LogP contribution < -0.4 is 10.6 Å². The molecule has 3 N–H and O–H groups in total. The zero-order valence-electron chi connectivity index (χ0n) is 12.3. The molecule has 0 saturated carbocycles. The highest BCUT2D eigenvalue weighted by Crippen LogP contribution is 2.15. The molecule has 0 fully saturated rings. The van der Waals surface area contributed by atoms with Gasteiger partial charge in [-0.05, 0) is 36.3 Å². The Hall–Kier alpha value is -1.20. The molecule has 1 aromatic rings. The lowest BCUT2D eigenvalue weighted by molar-refractivity contribution is 0.214. The third-order valence-electron chi connectivity index (χ3n) is 2.81. The van der Waals surface area contributed by atoms with Gasteiger partial charge in [-0.2, -0.15) is 11.8 Å². The Bertz CT molecular complexity index is 424. The first kappa shape index (κ1) is 16.9. The van der Waals surface area contributed by atoms with Crippen molar-refractivity contribution in [2.45, 2.75) is 32.1 Å². The molecular weight excluding hydrogens is 272 g/mol. The highest BCUT2D eigenvalue weighted by atomic mass is 32.2. The number of carbonyl (C=O) groups is 1. The van der Waals surface area contributed by atoms with E-state index in [1.165, 1.54) is 5.56 Å². The molecule has 0 saturated heterocycles. The van der Waals surface area contributed by atoms with Crippen molar-refractivity contribution < 1.29 is 9.90 Å². The van der Waals surface area contributed by atoms with E-state index in [1.807, 2.05) is 30.5 Å². The average Bonchev–Trinajstić information content (AvgIpc) is 2.38. The molecule has 0 radical (unpaired) electrons. The summed E-state index contributed by atoms with van der Waals surface area (Å²) >= 11 is 1.74. The van der Waals surface area contributed by atoms with Crippen molar-refractivity contribution in [3.8, 4) is 0 Å². The minimum Gasteiger partial charge on any atom is -0.394 e. The van der Waals surface area contributed by atoms with Crippen molar-refractivity contribution in [1.29, 1.82) is 0 Å². The molecule has 0 spiro atoms. The van der Waals surface area contributed by atoms with Crippen LogP contribution in [0, 0.1) is 5.92 Å². The number of rotatable bonds is 7. The van der Waals surface area contributed by atoms with Gasteiger partial charge in [0.2, 0.25) is 0 Å². The maximum absolute atomic E-state index is 11.9. The van der Waals surface area contributed by atoms with Crippen molar-refractivity contribution in [3.05, 3.63) is 29.8 Å². The lowest BCUT2D eigenvalue weighted by atomic mass is 10.0. The summed E-state index contributed by atoms with van der Waals surface area (Å²) in [5.74, 6) is 1.35. The van der Waals surface area contributed by atoms with Gasteiger partial charge in [-0.15, -0.1) is 0 Å². The van der Waals surface area contributed by atoms with E-state index in [2.05, 4.69) is 24.5 Å². The van der Waals surface area contributed by atoms with E-state index < -0.39 is 0 Å². The highest BCUT2D eigenvalue weighted by Gasteiger charge is 2.13. The summed E-state index contributed by atoms with van der Waals surface area (Å²) in [5, 5.41) is 14.9. The second-order valence-electron chi connectivity index (χ2n) is 5.24. The number of aliphatic hydroxyl groups excluding tert-OH is 1. The van der Waals surface area contributed by atoms with Crippen molar-refractivity contribution in [1.82, 2.24) is 5.32 Å². The predicted octanol–water partition coefficient (Wildman–Crippen LogP) is 3.08. The number of anilines is 1. The molecule has 112 valence electrons. The van der Waals surface area contributed by atoms with Crippen molar-refractivity contribution in [2.75, 3.05) is 18.2 Å². The molecule has 5 heteroatoms. The molecular formula is C15H24N2O2S. The van der Waals surface area contributed by atoms with Crippen LogP contribution in [0.5, 0.6) is 0 Å². The number of hydrogen-bond donors (Lipinski definition) is 3. The topological polar surface area (TPSA) is 61.4 Å². The number of carbonyl (C=O) groups excluding carboxylic acids is 1. The average molecular weight is 296 g/mol. The SMILES string of the molecule is CSCc1cccc(NC(=O)N[C@@H](CO)CC(C)C)c1. The summed E-state index contributed by atoms with van der Waals surface area (Å²) in [5.41, 5.74) is 1.95. The molecule has 1 aromatic carbocycles. The van der Waals surface area contributed by atoms with Gasteiger partial charge < -0.3 is 15.7 Å². The second kappa shape index (κ2) is 8.87. The minimum atomic E-state index is -0.272.